The lowest BCUT2D eigenvalue weighted by molar-refractivity contribution is 0.475. The van der Waals surface area contributed by atoms with Gasteiger partial charge >= 0.3 is 0 Å². The molecule has 0 fully saturated rings. The van der Waals surface area contributed by atoms with Gasteiger partial charge in [0.1, 0.15) is 0 Å². The average molecular weight is 541 g/mol. The van der Waals surface area contributed by atoms with E-state index in [9.17, 15) is 0 Å². The molecule has 0 heterocycles. The maximum Gasteiger partial charge on any atom is 0.0681 e. The smallest absolute Gasteiger partial charge is 0.0622 e. The van der Waals surface area contributed by atoms with Crippen molar-refractivity contribution >= 4 is 5.57 Å². The highest BCUT2D eigenvalue weighted by Gasteiger charge is 2.52. The molecule has 0 saturated carbocycles. The van der Waals surface area contributed by atoms with Gasteiger partial charge in [0.25, 0.3) is 0 Å². The predicted octanol–water partition coefficient (Wildman–Crippen LogP) is 11.5. The number of allylic oxidation sites excluding steroid dienone is 8. The summed E-state index contributed by atoms with van der Waals surface area (Å²) in [6.45, 7) is 28.4. The molecule has 0 heteroatoms. The summed E-state index contributed by atoms with van der Waals surface area (Å²) in [7, 11) is 0. The number of aryl methyl sites for hydroxylation is 1. The molecule has 2 aliphatic carbocycles. The van der Waals surface area contributed by atoms with E-state index >= 15 is 0 Å². The van der Waals surface area contributed by atoms with Gasteiger partial charge in [-0.05, 0) is 122 Å². The van der Waals surface area contributed by atoms with Gasteiger partial charge in [-0.15, -0.1) is 0 Å². The third-order valence-electron chi connectivity index (χ3n) is 11.3. The summed E-state index contributed by atoms with van der Waals surface area (Å²) in [5.74, 6) is 0. The molecule has 212 valence electrons. The van der Waals surface area contributed by atoms with Gasteiger partial charge in [0.05, 0.1) is 5.41 Å². The van der Waals surface area contributed by atoms with E-state index in [1.54, 1.807) is 0 Å². The summed E-state index contributed by atoms with van der Waals surface area (Å²) in [6, 6.07) is 27.5. The second kappa shape index (κ2) is 9.87. The number of hydrogen-bond acceptors (Lipinski definition) is 0. The lowest BCUT2D eigenvalue weighted by atomic mass is 9.55. The zero-order valence-electron chi connectivity index (χ0n) is 27.4. The first-order valence-electron chi connectivity index (χ1n) is 15.2. The normalized spacial score (nSPS) is 18.7. The predicted molar refractivity (Wildman–Crippen MR) is 178 cm³/mol. The van der Waals surface area contributed by atoms with E-state index in [0.29, 0.717) is 0 Å². The van der Waals surface area contributed by atoms with Crippen LogP contribution in [-0.4, -0.2) is 0 Å². The molecule has 2 aliphatic rings. The van der Waals surface area contributed by atoms with Crippen LogP contribution in [0.5, 0.6) is 0 Å². The van der Waals surface area contributed by atoms with Gasteiger partial charge in [-0.1, -0.05) is 112 Å². The Morgan fingerprint density at radius 2 is 0.951 bits per heavy atom. The fourth-order valence-corrected chi connectivity index (χ4v) is 8.17. The van der Waals surface area contributed by atoms with Crippen molar-refractivity contribution in [2.24, 2.45) is 10.8 Å². The Hall–Kier alpha value is -3.38. The largest absolute Gasteiger partial charge is 0.0681 e. The van der Waals surface area contributed by atoms with Crippen LogP contribution in [0.3, 0.4) is 0 Å². The minimum atomic E-state index is -0.476. The Kier molecular flexibility index (Phi) is 7.01. The minimum absolute atomic E-state index is 0.0563. The molecular weight excluding hydrogens is 492 g/mol. The van der Waals surface area contributed by atoms with Gasteiger partial charge in [-0.2, -0.15) is 0 Å². The van der Waals surface area contributed by atoms with Crippen molar-refractivity contribution in [1.29, 1.82) is 0 Å². The molecule has 41 heavy (non-hydrogen) atoms. The van der Waals surface area contributed by atoms with Crippen LogP contribution in [0, 0.1) is 24.7 Å². The maximum atomic E-state index is 2.47. The van der Waals surface area contributed by atoms with Crippen molar-refractivity contribution in [1.82, 2.24) is 0 Å². The molecule has 5 rings (SSSR count). The molecule has 3 aromatic rings. The topological polar surface area (TPSA) is 0 Å². The molecule has 0 unspecified atom stereocenters. The lowest BCUT2D eigenvalue weighted by Gasteiger charge is -2.46. The van der Waals surface area contributed by atoms with Gasteiger partial charge in [0.2, 0.25) is 0 Å². The molecule has 3 aromatic carbocycles. The highest BCUT2D eigenvalue weighted by Crippen LogP contribution is 2.62. The summed E-state index contributed by atoms with van der Waals surface area (Å²) >= 11 is 0. The Balaban J connectivity index is 2.07. The standard InChI is InChI=1S/C41H48/c1-25-23-24-35(36(26(25)2)37-29(5)27(3)31(7)39(37,9)10)41(33-19-15-13-16-20-33,34-21-17-14-18-22-34)38-30(6)28(4)32(8)40(38,11)12/h13-24H,1-12H3. The van der Waals surface area contributed by atoms with Crippen molar-refractivity contribution in [3.05, 3.63) is 145 Å². The summed E-state index contributed by atoms with van der Waals surface area (Å²) in [5.41, 5.74) is 19.2. The van der Waals surface area contributed by atoms with Crippen LogP contribution in [0.4, 0.5) is 0 Å². The first-order valence-corrected chi connectivity index (χ1v) is 15.2. The third-order valence-corrected chi connectivity index (χ3v) is 11.3. The van der Waals surface area contributed by atoms with E-state index < -0.39 is 5.41 Å². The second-order valence-corrected chi connectivity index (χ2v) is 13.7. The van der Waals surface area contributed by atoms with Crippen LogP contribution in [-0.2, 0) is 5.41 Å². The SMILES string of the molecule is CC1=C(C)C(C)(C)C(c2c(C(C3=C(C)C(C)=C(C)C3(C)C)(c3ccccc3)c3ccccc3)ccc(C)c2C)=C1C. The van der Waals surface area contributed by atoms with Crippen molar-refractivity contribution in [2.45, 2.75) is 88.5 Å². The maximum absolute atomic E-state index is 2.47. The summed E-state index contributed by atoms with van der Waals surface area (Å²) < 4.78 is 0. The molecular formula is C41H48. The third kappa shape index (κ3) is 3.93. The van der Waals surface area contributed by atoms with Gasteiger partial charge in [0, 0.05) is 10.8 Å². The van der Waals surface area contributed by atoms with Gasteiger partial charge < -0.3 is 0 Å². The lowest BCUT2D eigenvalue weighted by Crippen LogP contribution is -2.39. The second-order valence-electron chi connectivity index (χ2n) is 13.7. The van der Waals surface area contributed by atoms with Crippen molar-refractivity contribution in [3.8, 4) is 0 Å². The van der Waals surface area contributed by atoms with Gasteiger partial charge in [-0.3, -0.25) is 0 Å². The molecule has 0 atom stereocenters. The molecule has 0 N–H and O–H groups in total. The van der Waals surface area contributed by atoms with Crippen molar-refractivity contribution in [3.63, 3.8) is 0 Å². The van der Waals surface area contributed by atoms with Crippen molar-refractivity contribution in [2.75, 3.05) is 0 Å². The van der Waals surface area contributed by atoms with Crippen LogP contribution in [0.15, 0.2) is 112 Å². The fraction of sp³-hybridized carbons (Fsp3) is 0.366. The average Bonchev–Trinajstić information content (AvgIpc) is 3.21. The molecule has 0 nitrogen and oxygen atoms in total. The fourth-order valence-electron chi connectivity index (χ4n) is 8.17. The van der Waals surface area contributed by atoms with Crippen LogP contribution in [0.25, 0.3) is 5.57 Å². The Morgan fingerprint density at radius 3 is 1.37 bits per heavy atom. The van der Waals surface area contributed by atoms with Gasteiger partial charge in [-0.25, -0.2) is 0 Å². The van der Waals surface area contributed by atoms with Crippen LogP contribution in [0.1, 0.15) is 103 Å². The Bertz CT molecular complexity index is 1620. The molecule has 0 saturated heterocycles. The van der Waals surface area contributed by atoms with Gasteiger partial charge in [0.15, 0.2) is 0 Å². The molecule has 0 bridgehead atoms. The quantitative estimate of drug-likeness (QED) is 0.282. The minimum Gasteiger partial charge on any atom is -0.0622 e. The van der Waals surface area contributed by atoms with E-state index in [4.69, 9.17) is 0 Å². The number of rotatable bonds is 5. The Labute approximate surface area is 249 Å². The number of benzene rings is 3. The Morgan fingerprint density at radius 1 is 0.488 bits per heavy atom. The molecule has 0 aromatic heterocycles. The highest BCUT2D eigenvalue weighted by atomic mass is 14.5. The van der Waals surface area contributed by atoms with E-state index in [1.807, 2.05) is 0 Å². The zero-order valence-corrected chi connectivity index (χ0v) is 27.4. The van der Waals surface area contributed by atoms with Crippen LogP contribution < -0.4 is 0 Å². The summed E-state index contributed by atoms with van der Waals surface area (Å²) in [4.78, 5) is 0. The van der Waals surface area contributed by atoms with E-state index in [-0.39, 0.29) is 10.8 Å². The first kappa shape index (κ1) is 29.1. The zero-order chi connectivity index (χ0) is 30.1. The number of hydrogen-bond donors (Lipinski definition) is 0. The summed E-state index contributed by atoms with van der Waals surface area (Å²) in [6.07, 6.45) is 0. The van der Waals surface area contributed by atoms with Crippen LogP contribution in [0.2, 0.25) is 0 Å². The molecule has 0 spiro atoms. The first-order chi connectivity index (χ1) is 19.2. The molecule has 0 aliphatic heterocycles. The highest BCUT2D eigenvalue weighted by molar-refractivity contribution is 5.88. The molecule has 0 radical (unpaired) electrons. The van der Waals surface area contributed by atoms with E-state index in [2.05, 4.69) is 156 Å². The van der Waals surface area contributed by atoms with Crippen molar-refractivity contribution < 1.29 is 0 Å². The van der Waals surface area contributed by atoms with E-state index in [0.717, 1.165) is 0 Å². The van der Waals surface area contributed by atoms with E-state index in [1.165, 1.54) is 78.0 Å². The monoisotopic (exact) mass is 540 g/mol. The van der Waals surface area contributed by atoms with Crippen LogP contribution >= 0.6 is 0 Å². The summed E-state index contributed by atoms with van der Waals surface area (Å²) in [5, 5.41) is 0. The molecule has 0 amide bonds.